The number of carbonyl (C=O) groups is 1. The summed E-state index contributed by atoms with van der Waals surface area (Å²) < 4.78 is 0. The molecular weight excluding hydrogens is 308 g/mol. The molecule has 0 atom stereocenters. The first kappa shape index (κ1) is 12.2. The molecule has 0 aliphatic carbocycles. The summed E-state index contributed by atoms with van der Waals surface area (Å²) in [5.41, 5.74) is 0. The second kappa shape index (κ2) is 5.37. The van der Waals surface area contributed by atoms with Crippen LogP contribution in [-0.2, 0) is 10.1 Å². The second-order valence-electron chi connectivity index (χ2n) is 3.09. The molecule has 0 aliphatic rings. The third-order valence-electron chi connectivity index (χ3n) is 1.93. The summed E-state index contributed by atoms with van der Waals surface area (Å²) in [5.74, 6) is 0.0554. The normalized spacial score (nSPS) is 10.5. The Kier molecular flexibility index (Phi) is 3.85. The summed E-state index contributed by atoms with van der Waals surface area (Å²) in [4.78, 5) is 19.2. The first-order valence-corrected chi connectivity index (χ1v) is 6.83. The van der Waals surface area contributed by atoms with Gasteiger partial charge in [0.2, 0.25) is 5.82 Å². The fourth-order valence-corrected chi connectivity index (χ4v) is 2.46. The Morgan fingerprint density at radius 2 is 2.41 bits per heavy atom. The molecular formula is C9H9BrN4O2S. The molecule has 0 fully saturated rings. The first-order valence-electron chi connectivity index (χ1n) is 4.89. The van der Waals surface area contributed by atoms with Crippen LogP contribution in [0.4, 0.5) is 0 Å². The predicted molar refractivity (Wildman–Crippen MR) is 65.6 cm³/mol. The average Bonchev–Trinajstić information content (AvgIpc) is 2.96. The highest BCUT2D eigenvalue weighted by Gasteiger charge is 2.14. The summed E-state index contributed by atoms with van der Waals surface area (Å²) in [6.45, 7) is 1.71. The van der Waals surface area contributed by atoms with Crippen LogP contribution in [0, 0.1) is 0 Å². The second-order valence-corrected chi connectivity index (χ2v) is 4.82. The monoisotopic (exact) mass is 316 g/mol. The van der Waals surface area contributed by atoms with E-state index in [1.165, 1.54) is 11.3 Å². The van der Waals surface area contributed by atoms with Crippen LogP contribution in [0.5, 0.6) is 0 Å². The lowest BCUT2D eigenvalue weighted by Gasteiger charge is -2.01. The number of aromatic nitrogens is 4. The van der Waals surface area contributed by atoms with Gasteiger partial charge in [-0.3, -0.25) is 0 Å². The van der Waals surface area contributed by atoms with Crippen molar-refractivity contribution < 1.29 is 9.63 Å². The third-order valence-corrected chi connectivity index (χ3v) is 3.99. The van der Waals surface area contributed by atoms with Crippen LogP contribution in [0.2, 0.25) is 0 Å². The number of thiophene rings is 1. The lowest BCUT2D eigenvalue weighted by atomic mass is 10.4. The Morgan fingerprint density at radius 3 is 3.06 bits per heavy atom. The van der Waals surface area contributed by atoms with Crippen molar-refractivity contribution in [2.45, 2.75) is 18.7 Å². The molecule has 0 saturated heterocycles. The fourth-order valence-electron chi connectivity index (χ4n) is 1.12. The molecule has 0 N–H and O–H groups in total. The Morgan fingerprint density at radius 1 is 1.59 bits per heavy atom. The molecule has 0 aliphatic heterocycles. The van der Waals surface area contributed by atoms with E-state index >= 15 is 0 Å². The van der Waals surface area contributed by atoms with Crippen molar-refractivity contribution in [3.05, 3.63) is 17.0 Å². The minimum absolute atomic E-state index is 0.274. The van der Waals surface area contributed by atoms with E-state index in [9.17, 15) is 4.79 Å². The third kappa shape index (κ3) is 2.70. The number of nitrogens with zero attached hydrogens (tertiary/aromatic N) is 4. The summed E-state index contributed by atoms with van der Waals surface area (Å²) in [6.07, 6.45) is 0.274. The van der Waals surface area contributed by atoms with Crippen molar-refractivity contribution in [3.8, 4) is 10.7 Å². The summed E-state index contributed by atoms with van der Waals surface area (Å²) in [5, 5.41) is 11.7. The van der Waals surface area contributed by atoms with Crippen molar-refractivity contribution in [2.75, 3.05) is 0 Å². The quantitative estimate of drug-likeness (QED) is 0.633. The number of rotatable bonds is 4. The van der Waals surface area contributed by atoms with Gasteiger partial charge in [-0.05, 0) is 27.4 Å². The summed E-state index contributed by atoms with van der Waals surface area (Å²) in [7, 11) is 0. The van der Waals surface area contributed by atoms with Crippen LogP contribution < -0.4 is 4.84 Å². The number of carbonyl (C=O) groups excluding carboxylic acids is 1. The SMILES string of the molecule is CCC(=O)On1nnnc1-c1ccc(CBr)s1. The van der Waals surface area contributed by atoms with Gasteiger partial charge in [0.15, 0.2) is 0 Å². The topological polar surface area (TPSA) is 69.9 Å². The van der Waals surface area contributed by atoms with Gasteiger partial charge in [0.25, 0.3) is 0 Å². The molecule has 0 bridgehead atoms. The average molecular weight is 317 g/mol. The molecule has 2 rings (SSSR count). The maximum Gasteiger partial charge on any atom is 0.334 e. The van der Waals surface area contributed by atoms with Gasteiger partial charge in [0.05, 0.1) is 4.88 Å². The van der Waals surface area contributed by atoms with Crippen LogP contribution in [0.15, 0.2) is 12.1 Å². The Labute approximate surface area is 110 Å². The molecule has 6 nitrogen and oxygen atoms in total. The molecule has 2 heterocycles. The zero-order valence-corrected chi connectivity index (χ0v) is 11.4. The van der Waals surface area contributed by atoms with Gasteiger partial charge in [-0.15, -0.1) is 16.4 Å². The minimum atomic E-state index is -0.379. The number of tetrazole rings is 1. The van der Waals surface area contributed by atoms with E-state index in [4.69, 9.17) is 4.84 Å². The predicted octanol–water partition coefficient (Wildman–Crippen LogP) is 1.66. The Balaban J connectivity index is 2.26. The fraction of sp³-hybridized carbons (Fsp3) is 0.333. The largest absolute Gasteiger partial charge is 0.334 e. The van der Waals surface area contributed by atoms with E-state index in [-0.39, 0.29) is 12.4 Å². The lowest BCUT2D eigenvalue weighted by molar-refractivity contribution is -0.145. The van der Waals surface area contributed by atoms with Crippen molar-refractivity contribution in [2.24, 2.45) is 0 Å². The van der Waals surface area contributed by atoms with Crippen molar-refractivity contribution in [3.63, 3.8) is 0 Å². The number of halogens is 1. The molecule has 17 heavy (non-hydrogen) atoms. The molecule has 90 valence electrons. The van der Waals surface area contributed by atoms with Gasteiger partial charge in [-0.1, -0.05) is 22.9 Å². The number of hydrogen-bond acceptors (Lipinski definition) is 6. The highest BCUT2D eigenvalue weighted by Crippen LogP contribution is 2.26. The zero-order valence-electron chi connectivity index (χ0n) is 8.96. The van der Waals surface area contributed by atoms with Crippen molar-refractivity contribution in [1.82, 2.24) is 20.4 Å². The Hall–Kier alpha value is -1.28. The van der Waals surface area contributed by atoms with Gasteiger partial charge < -0.3 is 4.84 Å². The van der Waals surface area contributed by atoms with E-state index < -0.39 is 0 Å². The highest BCUT2D eigenvalue weighted by molar-refractivity contribution is 9.08. The number of hydrogen-bond donors (Lipinski definition) is 0. The van der Waals surface area contributed by atoms with Crippen LogP contribution >= 0.6 is 27.3 Å². The van der Waals surface area contributed by atoms with Crippen molar-refractivity contribution in [1.29, 1.82) is 0 Å². The maximum atomic E-state index is 11.2. The van der Waals surface area contributed by atoms with E-state index in [1.807, 2.05) is 12.1 Å². The van der Waals surface area contributed by atoms with E-state index in [1.54, 1.807) is 6.92 Å². The van der Waals surface area contributed by atoms with Gasteiger partial charge in [-0.2, -0.15) is 0 Å². The van der Waals surface area contributed by atoms with E-state index in [0.29, 0.717) is 5.82 Å². The molecule has 2 aromatic heterocycles. The summed E-state index contributed by atoms with van der Waals surface area (Å²) >= 11 is 4.91. The van der Waals surface area contributed by atoms with Crippen LogP contribution in [0.25, 0.3) is 10.7 Å². The van der Waals surface area contributed by atoms with Gasteiger partial charge in [0, 0.05) is 16.6 Å². The standard InChI is InChI=1S/C9H9BrN4O2S/c1-2-8(15)16-14-9(11-12-13-14)7-4-3-6(5-10)17-7/h3-4H,2,5H2,1H3. The van der Waals surface area contributed by atoms with Crippen LogP contribution in [0.1, 0.15) is 18.2 Å². The molecule has 2 aromatic rings. The molecule has 0 aromatic carbocycles. The molecule has 8 heteroatoms. The molecule has 0 unspecified atom stereocenters. The van der Waals surface area contributed by atoms with E-state index in [0.717, 1.165) is 19.9 Å². The molecule has 0 saturated carbocycles. The first-order chi connectivity index (χ1) is 8.24. The number of alkyl halides is 1. The van der Waals surface area contributed by atoms with Gasteiger partial charge in [-0.25, -0.2) is 4.79 Å². The lowest BCUT2D eigenvalue weighted by Crippen LogP contribution is -2.20. The van der Waals surface area contributed by atoms with Crippen molar-refractivity contribution >= 4 is 33.2 Å². The van der Waals surface area contributed by atoms with E-state index in [2.05, 4.69) is 31.5 Å². The molecule has 0 amide bonds. The zero-order chi connectivity index (χ0) is 12.3. The Bertz CT molecular complexity index is 525. The molecule has 0 spiro atoms. The molecule has 0 radical (unpaired) electrons. The highest BCUT2D eigenvalue weighted by atomic mass is 79.9. The van der Waals surface area contributed by atoms with Crippen LogP contribution in [0.3, 0.4) is 0 Å². The van der Waals surface area contributed by atoms with Gasteiger partial charge >= 0.3 is 5.97 Å². The van der Waals surface area contributed by atoms with Crippen LogP contribution in [-0.4, -0.2) is 26.3 Å². The smallest absolute Gasteiger partial charge is 0.316 e. The van der Waals surface area contributed by atoms with Gasteiger partial charge in [0.1, 0.15) is 0 Å². The minimum Gasteiger partial charge on any atom is -0.316 e. The summed E-state index contributed by atoms with van der Waals surface area (Å²) in [6, 6.07) is 3.86. The maximum absolute atomic E-state index is 11.2.